The third kappa shape index (κ3) is 2.14. The first-order chi connectivity index (χ1) is 10.9. The summed E-state index contributed by atoms with van der Waals surface area (Å²) in [5, 5.41) is 15.7. The van der Waals surface area contributed by atoms with Gasteiger partial charge in [0.2, 0.25) is 5.95 Å². The summed E-state index contributed by atoms with van der Waals surface area (Å²) >= 11 is 1.73. The molecule has 4 rings (SSSR count). The van der Waals surface area contributed by atoms with Gasteiger partial charge < -0.3 is 15.0 Å². The average Bonchev–Trinajstić information content (AvgIpc) is 3.25. The maximum absolute atomic E-state index is 10.1. The van der Waals surface area contributed by atoms with Gasteiger partial charge in [-0.2, -0.15) is 0 Å². The second kappa shape index (κ2) is 5.59. The second-order valence-corrected chi connectivity index (χ2v) is 6.48. The highest BCUT2D eigenvalue weighted by Gasteiger charge is 2.38. The lowest BCUT2D eigenvalue weighted by Crippen LogP contribution is -2.37. The van der Waals surface area contributed by atoms with Crippen molar-refractivity contribution >= 4 is 17.3 Å². The fraction of sp³-hybridized carbons (Fsp3) is 0.235. The molecule has 0 spiro atoms. The normalized spacial score (nSPS) is 23.8. The van der Waals surface area contributed by atoms with E-state index in [-0.39, 0.29) is 24.6 Å². The number of benzene rings is 1. The molecule has 0 unspecified atom stereocenters. The molecule has 0 radical (unpaired) electrons. The van der Waals surface area contributed by atoms with Gasteiger partial charge in [-0.1, -0.05) is 36.4 Å². The van der Waals surface area contributed by atoms with E-state index in [1.54, 1.807) is 11.3 Å². The van der Waals surface area contributed by atoms with Crippen molar-refractivity contribution in [3.63, 3.8) is 0 Å². The smallest absolute Gasteiger partial charge is 0.203 e. The fourth-order valence-corrected chi connectivity index (χ4v) is 4.19. The van der Waals surface area contributed by atoms with Gasteiger partial charge in [-0.3, -0.25) is 0 Å². The Morgan fingerprint density at radius 3 is 2.77 bits per heavy atom. The van der Waals surface area contributed by atoms with Crippen LogP contribution in [0.25, 0.3) is 0 Å². The molecular formula is C17H17N3OS. The van der Waals surface area contributed by atoms with Crippen LogP contribution in [0.3, 0.4) is 0 Å². The van der Waals surface area contributed by atoms with Gasteiger partial charge >= 0.3 is 0 Å². The minimum Gasteiger partial charge on any atom is -0.396 e. The average molecular weight is 311 g/mol. The van der Waals surface area contributed by atoms with Crippen molar-refractivity contribution in [1.82, 2.24) is 9.55 Å². The Morgan fingerprint density at radius 2 is 2.05 bits per heavy atom. The van der Waals surface area contributed by atoms with Crippen LogP contribution in [0.4, 0.5) is 5.95 Å². The third-order valence-electron chi connectivity index (χ3n) is 4.29. The molecule has 22 heavy (non-hydrogen) atoms. The van der Waals surface area contributed by atoms with Crippen molar-refractivity contribution in [2.24, 2.45) is 5.92 Å². The minimum absolute atomic E-state index is 0.0493. The number of aliphatic hydroxyl groups excluding tert-OH is 1. The van der Waals surface area contributed by atoms with Crippen LogP contribution in [0, 0.1) is 5.92 Å². The molecule has 1 aliphatic heterocycles. The van der Waals surface area contributed by atoms with Crippen molar-refractivity contribution < 1.29 is 5.11 Å². The summed E-state index contributed by atoms with van der Waals surface area (Å²) in [5.74, 6) is 0.916. The fourth-order valence-electron chi connectivity index (χ4n) is 3.29. The monoisotopic (exact) mass is 311 g/mol. The molecule has 3 heterocycles. The van der Waals surface area contributed by atoms with Crippen LogP contribution in [-0.2, 0) is 0 Å². The molecule has 1 aromatic carbocycles. The van der Waals surface area contributed by atoms with Crippen LogP contribution in [0.1, 0.15) is 22.5 Å². The minimum atomic E-state index is 0.0493. The van der Waals surface area contributed by atoms with Crippen molar-refractivity contribution in [2.45, 2.75) is 12.1 Å². The predicted octanol–water partition coefficient (Wildman–Crippen LogP) is 3.31. The van der Waals surface area contributed by atoms with Crippen molar-refractivity contribution in [3.8, 4) is 0 Å². The number of hydrogen-bond acceptors (Lipinski definition) is 4. The molecule has 0 fully saturated rings. The van der Waals surface area contributed by atoms with Gasteiger partial charge in [0.05, 0.1) is 18.7 Å². The molecular weight excluding hydrogens is 294 g/mol. The van der Waals surface area contributed by atoms with E-state index < -0.39 is 0 Å². The molecule has 1 aliphatic rings. The number of rotatable bonds is 3. The van der Waals surface area contributed by atoms with Crippen LogP contribution in [0.2, 0.25) is 0 Å². The number of nitrogens with zero attached hydrogens (tertiary/aromatic N) is 2. The zero-order valence-electron chi connectivity index (χ0n) is 12.0. The summed E-state index contributed by atoms with van der Waals surface area (Å²) < 4.78 is 2.13. The number of hydrogen-bond donors (Lipinski definition) is 2. The number of nitrogens with one attached hydrogen (secondary N) is 1. The molecule has 112 valence electrons. The van der Waals surface area contributed by atoms with Crippen LogP contribution in [0.5, 0.6) is 0 Å². The van der Waals surface area contributed by atoms with E-state index in [0.717, 1.165) is 5.95 Å². The molecule has 0 saturated carbocycles. The Bertz CT molecular complexity index is 738. The van der Waals surface area contributed by atoms with Gasteiger partial charge in [-0.15, -0.1) is 11.3 Å². The molecule has 5 heteroatoms. The summed E-state index contributed by atoms with van der Waals surface area (Å²) in [5.41, 5.74) is 1.18. The number of thiophene rings is 1. The van der Waals surface area contributed by atoms with Gasteiger partial charge in [-0.05, 0) is 17.0 Å². The first-order valence-corrected chi connectivity index (χ1v) is 8.25. The van der Waals surface area contributed by atoms with E-state index in [0.29, 0.717) is 0 Å². The molecule has 0 bridgehead atoms. The van der Waals surface area contributed by atoms with E-state index in [1.807, 2.05) is 30.6 Å². The second-order valence-electron chi connectivity index (χ2n) is 5.50. The van der Waals surface area contributed by atoms with Gasteiger partial charge in [0.15, 0.2) is 0 Å². The molecule has 0 aliphatic carbocycles. The van der Waals surface area contributed by atoms with E-state index in [1.165, 1.54) is 10.4 Å². The van der Waals surface area contributed by atoms with Crippen molar-refractivity contribution in [3.05, 3.63) is 70.7 Å². The maximum Gasteiger partial charge on any atom is 0.203 e. The van der Waals surface area contributed by atoms with Gasteiger partial charge in [0.1, 0.15) is 0 Å². The number of fused-ring (bicyclic) bond motifs is 1. The number of aromatic nitrogens is 2. The molecule has 0 amide bonds. The highest BCUT2D eigenvalue weighted by molar-refractivity contribution is 7.10. The largest absolute Gasteiger partial charge is 0.396 e. The summed E-state index contributed by atoms with van der Waals surface area (Å²) in [6, 6.07) is 14.6. The van der Waals surface area contributed by atoms with E-state index in [4.69, 9.17) is 0 Å². The van der Waals surface area contributed by atoms with E-state index in [2.05, 4.69) is 44.5 Å². The summed E-state index contributed by atoms with van der Waals surface area (Å²) in [4.78, 5) is 5.69. The Kier molecular flexibility index (Phi) is 3.44. The highest BCUT2D eigenvalue weighted by Crippen LogP contribution is 2.43. The van der Waals surface area contributed by atoms with Crippen LogP contribution in [0.15, 0.2) is 60.2 Å². The lowest BCUT2D eigenvalue weighted by atomic mass is 9.85. The Hall–Kier alpha value is -2.11. The lowest BCUT2D eigenvalue weighted by Gasteiger charge is -2.39. The molecule has 2 aromatic heterocycles. The lowest BCUT2D eigenvalue weighted by molar-refractivity contribution is 0.168. The topological polar surface area (TPSA) is 50.1 Å². The predicted molar refractivity (Wildman–Crippen MR) is 88.1 cm³/mol. The van der Waals surface area contributed by atoms with E-state index in [9.17, 15) is 5.11 Å². The third-order valence-corrected chi connectivity index (χ3v) is 5.23. The molecule has 2 N–H and O–H groups in total. The van der Waals surface area contributed by atoms with Crippen LogP contribution < -0.4 is 5.32 Å². The zero-order valence-corrected chi connectivity index (χ0v) is 12.8. The molecule has 0 saturated heterocycles. The molecule has 4 nitrogen and oxygen atoms in total. The Morgan fingerprint density at radius 1 is 1.18 bits per heavy atom. The SMILES string of the molecule is OC[C@@H]1[C@@H](c2cccs2)n2ccnc2N[C@H]1c1ccccc1. The van der Waals surface area contributed by atoms with Gasteiger partial charge in [0, 0.05) is 23.2 Å². The van der Waals surface area contributed by atoms with Gasteiger partial charge in [-0.25, -0.2) is 4.98 Å². The Labute approximate surface area is 133 Å². The first kappa shape index (κ1) is 13.5. The summed E-state index contributed by atoms with van der Waals surface area (Å²) in [6.45, 7) is 0.118. The quantitative estimate of drug-likeness (QED) is 0.780. The standard InChI is InChI=1S/C17H17N3OS/c21-11-13-15(12-5-2-1-3-6-12)19-17-18-8-9-20(17)16(13)14-7-4-10-22-14/h1-10,13,15-16,21H,11H2,(H,18,19)/t13-,15-,16-/m0/s1. The summed E-state index contributed by atoms with van der Waals surface area (Å²) in [6.07, 6.45) is 3.79. The summed E-state index contributed by atoms with van der Waals surface area (Å²) in [7, 11) is 0. The van der Waals surface area contributed by atoms with Crippen LogP contribution in [-0.4, -0.2) is 21.3 Å². The first-order valence-electron chi connectivity index (χ1n) is 7.37. The van der Waals surface area contributed by atoms with Crippen molar-refractivity contribution in [1.29, 1.82) is 0 Å². The molecule has 3 aromatic rings. The number of aliphatic hydroxyl groups is 1. The highest BCUT2D eigenvalue weighted by atomic mass is 32.1. The number of imidazole rings is 1. The van der Waals surface area contributed by atoms with E-state index >= 15 is 0 Å². The number of anilines is 1. The Balaban J connectivity index is 1.83. The van der Waals surface area contributed by atoms with Crippen molar-refractivity contribution in [2.75, 3.05) is 11.9 Å². The molecule has 3 atom stereocenters. The van der Waals surface area contributed by atoms with Gasteiger partial charge in [0.25, 0.3) is 0 Å². The van der Waals surface area contributed by atoms with Crippen LogP contribution >= 0.6 is 11.3 Å². The zero-order chi connectivity index (χ0) is 14.9. The maximum atomic E-state index is 10.1.